The molecule has 0 spiro atoms. The van der Waals surface area contributed by atoms with E-state index in [1.54, 1.807) is 24.3 Å². The zero-order valence-electron chi connectivity index (χ0n) is 15.6. The van der Waals surface area contributed by atoms with E-state index in [1.165, 1.54) is 23.4 Å². The molecule has 28 heavy (non-hydrogen) atoms. The second kappa shape index (κ2) is 8.53. The van der Waals surface area contributed by atoms with Crippen molar-refractivity contribution in [1.82, 2.24) is 4.31 Å². The lowest BCUT2D eigenvalue weighted by molar-refractivity contribution is -0.121. The van der Waals surface area contributed by atoms with Crippen molar-refractivity contribution in [2.45, 2.75) is 24.7 Å². The minimum Gasteiger partial charge on any atom is -0.326 e. The molecule has 2 aromatic rings. The quantitative estimate of drug-likeness (QED) is 0.805. The molecule has 3 rings (SSSR count). The summed E-state index contributed by atoms with van der Waals surface area (Å²) in [4.78, 5) is 23.8. The third-order valence-corrected chi connectivity index (χ3v) is 6.49. The number of carbonyl (C=O) groups is 2. The van der Waals surface area contributed by atoms with Crippen LogP contribution in [0.1, 0.15) is 19.8 Å². The van der Waals surface area contributed by atoms with Gasteiger partial charge >= 0.3 is 0 Å². The molecular formula is C20H23N3O4S. The first-order chi connectivity index (χ1) is 13.4. The number of nitrogens with zero attached hydrogens (tertiary/aromatic N) is 1. The summed E-state index contributed by atoms with van der Waals surface area (Å²) in [6, 6.07) is 15.2. The molecule has 1 atom stereocenters. The summed E-state index contributed by atoms with van der Waals surface area (Å²) in [5.74, 6) is -0.798. The molecule has 8 heteroatoms. The van der Waals surface area contributed by atoms with Crippen LogP contribution in [0.4, 0.5) is 11.4 Å². The molecule has 0 aromatic heterocycles. The normalized spacial score (nSPS) is 17.7. The van der Waals surface area contributed by atoms with Crippen molar-refractivity contribution in [1.29, 1.82) is 0 Å². The van der Waals surface area contributed by atoms with Gasteiger partial charge in [0.15, 0.2) is 0 Å². The fourth-order valence-electron chi connectivity index (χ4n) is 3.20. The summed E-state index contributed by atoms with van der Waals surface area (Å²) in [5, 5.41) is 5.46. The summed E-state index contributed by atoms with van der Waals surface area (Å²) in [5.41, 5.74) is 1.23. The number of para-hydroxylation sites is 1. The van der Waals surface area contributed by atoms with Gasteiger partial charge in [-0.25, -0.2) is 8.42 Å². The molecule has 1 aliphatic heterocycles. The van der Waals surface area contributed by atoms with Gasteiger partial charge in [-0.2, -0.15) is 4.31 Å². The maximum absolute atomic E-state index is 13.0. The lowest BCUT2D eigenvalue weighted by atomic mass is 9.99. The average molecular weight is 401 g/mol. The van der Waals surface area contributed by atoms with E-state index in [-0.39, 0.29) is 23.3 Å². The molecular weight excluding hydrogens is 378 g/mol. The van der Waals surface area contributed by atoms with Crippen LogP contribution in [0.3, 0.4) is 0 Å². The molecule has 2 aromatic carbocycles. The Balaban J connectivity index is 1.70. The van der Waals surface area contributed by atoms with E-state index in [0.717, 1.165) is 0 Å². The number of piperidine rings is 1. The van der Waals surface area contributed by atoms with Gasteiger partial charge in [-0.15, -0.1) is 0 Å². The minimum absolute atomic E-state index is 0.144. The number of hydrogen-bond acceptors (Lipinski definition) is 4. The predicted molar refractivity (Wildman–Crippen MR) is 107 cm³/mol. The molecule has 0 aliphatic carbocycles. The fourth-order valence-corrected chi connectivity index (χ4v) is 4.73. The molecule has 0 radical (unpaired) electrons. The Labute approximate surface area is 164 Å². The van der Waals surface area contributed by atoms with E-state index in [9.17, 15) is 18.0 Å². The lowest BCUT2D eigenvalue weighted by Crippen LogP contribution is -2.43. The van der Waals surface area contributed by atoms with Crippen LogP contribution in [0.15, 0.2) is 59.5 Å². The van der Waals surface area contributed by atoms with E-state index in [4.69, 9.17) is 0 Å². The van der Waals surface area contributed by atoms with Crippen molar-refractivity contribution >= 4 is 33.2 Å². The van der Waals surface area contributed by atoms with Crippen LogP contribution in [-0.2, 0) is 19.6 Å². The van der Waals surface area contributed by atoms with Crippen molar-refractivity contribution in [3.05, 3.63) is 54.6 Å². The van der Waals surface area contributed by atoms with E-state index in [1.807, 2.05) is 18.2 Å². The summed E-state index contributed by atoms with van der Waals surface area (Å²) in [6.45, 7) is 1.92. The van der Waals surface area contributed by atoms with Gasteiger partial charge in [-0.1, -0.05) is 18.2 Å². The largest absolute Gasteiger partial charge is 0.326 e. The molecule has 0 bridgehead atoms. The Morgan fingerprint density at radius 1 is 0.964 bits per heavy atom. The summed E-state index contributed by atoms with van der Waals surface area (Å²) < 4.78 is 27.3. The molecule has 2 amide bonds. The Kier molecular flexibility index (Phi) is 6.11. The Morgan fingerprint density at radius 3 is 2.25 bits per heavy atom. The van der Waals surface area contributed by atoms with Crippen molar-refractivity contribution in [3.63, 3.8) is 0 Å². The van der Waals surface area contributed by atoms with Gasteiger partial charge in [0.25, 0.3) is 0 Å². The minimum atomic E-state index is -3.71. The predicted octanol–water partition coefficient (Wildman–Crippen LogP) is 2.68. The summed E-state index contributed by atoms with van der Waals surface area (Å²) >= 11 is 0. The molecule has 148 valence electrons. The van der Waals surface area contributed by atoms with Gasteiger partial charge in [0, 0.05) is 31.4 Å². The van der Waals surface area contributed by atoms with Crippen LogP contribution >= 0.6 is 0 Å². The number of rotatable bonds is 5. The second-order valence-electron chi connectivity index (χ2n) is 6.76. The van der Waals surface area contributed by atoms with Gasteiger partial charge in [0.1, 0.15) is 0 Å². The SMILES string of the molecule is CC(=O)Nc1ccc(S(=O)(=O)N2CCC[C@@H](C(=O)Nc3ccccc3)C2)cc1. The lowest BCUT2D eigenvalue weighted by Gasteiger charge is -2.31. The highest BCUT2D eigenvalue weighted by atomic mass is 32.2. The van der Waals surface area contributed by atoms with E-state index >= 15 is 0 Å². The second-order valence-corrected chi connectivity index (χ2v) is 8.70. The van der Waals surface area contributed by atoms with Crippen molar-refractivity contribution in [2.75, 3.05) is 23.7 Å². The Morgan fingerprint density at radius 2 is 1.61 bits per heavy atom. The van der Waals surface area contributed by atoms with E-state index < -0.39 is 15.9 Å². The zero-order chi connectivity index (χ0) is 20.1. The molecule has 0 unspecified atom stereocenters. The topological polar surface area (TPSA) is 95.6 Å². The number of sulfonamides is 1. The molecule has 1 saturated heterocycles. The first kappa shape index (κ1) is 20.0. The molecule has 2 N–H and O–H groups in total. The van der Waals surface area contributed by atoms with Crippen molar-refractivity contribution in [2.24, 2.45) is 5.92 Å². The van der Waals surface area contributed by atoms with Gasteiger partial charge < -0.3 is 10.6 Å². The Hall–Kier alpha value is -2.71. The molecule has 1 aliphatic rings. The Bertz CT molecular complexity index is 943. The maximum Gasteiger partial charge on any atom is 0.243 e. The van der Waals surface area contributed by atoms with Gasteiger partial charge in [-0.05, 0) is 49.2 Å². The smallest absolute Gasteiger partial charge is 0.243 e. The third kappa shape index (κ3) is 4.76. The standard InChI is InChI=1S/C20H23N3O4S/c1-15(24)21-18-9-11-19(12-10-18)28(26,27)23-13-5-6-16(14-23)20(25)22-17-7-3-2-4-8-17/h2-4,7-12,16H,5-6,13-14H2,1H3,(H,21,24)(H,22,25)/t16-/m1/s1. The van der Waals surface area contributed by atoms with E-state index in [0.29, 0.717) is 30.8 Å². The molecule has 7 nitrogen and oxygen atoms in total. The van der Waals surface area contributed by atoms with Crippen molar-refractivity contribution in [3.8, 4) is 0 Å². The zero-order valence-corrected chi connectivity index (χ0v) is 16.4. The number of anilines is 2. The summed E-state index contributed by atoms with van der Waals surface area (Å²) in [7, 11) is -3.71. The van der Waals surface area contributed by atoms with Crippen LogP contribution in [0.5, 0.6) is 0 Å². The van der Waals surface area contributed by atoms with Crippen LogP contribution in [0, 0.1) is 5.92 Å². The highest BCUT2D eigenvalue weighted by Crippen LogP contribution is 2.25. The number of nitrogens with one attached hydrogen (secondary N) is 2. The number of amides is 2. The first-order valence-electron chi connectivity index (χ1n) is 9.10. The highest BCUT2D eigenvalue weighted by Gasteiger charge is 2.33. The van der Waals surface area contributed by atoms with Crippen molar-refractivity contribution < 1.29 is 18.0 Å². The molecule has 1 fully saturated rings. The third-order valence-electron chi connectivity index (χ3n) is 4.61. The maximum atomic E-state index is 13.0. The average Bonchev–Trinajstić information content (AvgIpc) is 2.69. The molecule has 0 saturated carbocycles. The van der Waals surface area contributed by atoms with Gasteiger partial charge in [0.2, 0.25) is 21.8 Å². The molecule has 1 heterocycles. The number of carbonyl (C=O) groups excluding carboxylic acids is 2. The monoisotopic (exact) mass is 401 g/mol. The van der Waals surface area contributed by atoms with E-state index in [2.05, 4.69) is 10.6 Å². The van der Waals surface area contributed by atoms with Crippen LogP contribution in [0.2, 0.25) is 0 Å². The van der Waals surface area contributed by atoms with Gasteiger partial charge in [-0.3, -0.25) is 9.59 Å². The first-order valence-corrected chi connectivity index (χ1v) is 10.5. The highest BCUT2D eigenvalue weighted by molar-refractivity contribution is 7.89. The number of hydrogen-bond donors (Lipinski definition) is 2. The van der Waals surface area contributed by atoms with Gasteiger partial charge in [0.05, 0.1) is 10.8 Å². The van der Waals surface area contributed by atoms with Crippen LogP contribution in [-0.4, -0.2) is 37.6 Å². The number of benzene rings is 2. The van der Waals surface area contributed by atoms with Crippen LogP contribution in [0.25, 0.3) is 0 Å². The fraction of sp³-hybridized carbons (Fsp3) is 0.300. The summed E-state index contributed by atoms with van der Waals surface area (Å²) in [6.07, 6.45) is 1.27. The van der Waals surface area contributed by atoms with Crippen LogP contribution < -0.4 is 10.6 Å².